The Hall–Kier alpha value is -1.43. The predicted molar refractivity (Wildman–Crippen MR) is 101 cm³/mol. The Bertz CT molecular complexity index is 654. The van der Waals surface area contributed by atoms with Gasteiger partial charge in [-0.15, -0.1) is 11.3 Å². The summed E-state index contributed by atoms with van der Waals surface area (Å²) in [5.41, 5.74) is 0.815. The molecule has 0 aromatic carbocycles. The minimum absolute atomic E-state index is 0.0242. The molecule has 2 amide bonds. The molecule has 6 heteroatoms. The molecule has 138 valence electrons. The quantitative estimate of drug-likeness (QED) is 0.875. The first-order valence-electron chi connectivity index (χ1n) is 9.33. The van der Waals surface area contributed by atoms with Gasteiger partial charge in [-0.2, -0.15) is 0 Å². The van der Waals surface area contributed by atoms with Gasteiger partial charge in [-0.3, -0.25) is 9.59 Å². The highest BCUT2D eigenvalue weighted by atomic mass is 32.1. The monoisotopic (exact) mass is 363 g/mol. The zero-order valence-electron chi connectivity index (χ0n) is 15.7. The fourth-order valence-corrected chi connectivity index (χ4v) is 4.79. The molecule has 3 rings (SSSR count). The zero-order valence-corrected chi connectivity index (χ0v) is 16.5. The lowest BCUT2D eigenvalue weighted by molar-refractivity contribution is -0.142. The van der Waals surface area contributed by atoms with Gasteiger partial charge in [-0.25, -0.2) is 4.98 Å². The highest BCUT2D eigenvalue weighted by molar-refractivity contribution is 7.15. The number of aryl methyl sites for hydroxylation is 1. The van der Waals surface area contributed by atoms with Crippen molar-refractivity contribution in [1.82, 2.24) is 9.88 Å². The third kappa shape index (κ3) is 4.22. The average Bonchev–Trinajstić information content (AvgIpc) is 2.94. The number of thiazole rings is 1. The summed E-state index contributed by atoms with van der Waals surface area (Å²) in [5.74, 6) is 0.917. The predicted octanol–water partition coefficient (Wildman–Crippen LogP) is 3.49. The van der Waals surface area contributed by atoms with Crippen molar-refractivity contribution in [3.63, 3.8) is 0 Å². The maximum atomic E-state index is 12.6. The second-order valence-electron chi connectivity index (χ2n) is 8.54. The van der Waals surface area contributed by atoms with E-state index in [4.69, 9.17) is 0 Å². The van der Waals surface area contributed by atoms with Crippen molar-refractivity contribution in [2.45, 2.75) is 59.8 Å². The second kappa shape index (κ2) is 7.06. The van der Waals surface area contributed by atoms with E-state index >= 15 is 0 Å². The third-order valence-corrected chi connectivity index (χ3v) is 6.25. The molecule has 1 aromatic heterocycles. The van der Waals surface area contributed by atoms with Crippen molar-refractivity contribution in [1.29, 1.82) is 0 Å². The Balaban J connectivity index is 1.54. The number of aromatic nitrogens is 1. The first kappa shape index (κ1) is 18.4. The summed E-state index contributed by atoms with van der Waals surface area (Å²) >= 11 is 1.63. The van der Waals surface area contributed by atoms with E-state index in [1.807, 2.05) is 25.7 Å². The summed E-state index contributed by atoms with van der Waals surface area (Å²) in [6, 6.07) is 0. The van der Waals surface area contributed by atoms with Gasteiger partial charge in [0.1, 0.15) is 0 Å². The van der Waals surface area contributed by atoms with E-state index in [0.29, 0.717) is 19.0 Å². The SMILES string of the molecule is CC1CCc2nc(NC(=O)C3CCN(C(=O)C(C)(C)C)CC3)sc2C1. The van der Waals surface area contributed by atoms with Gasteiger partial charge in [0.25, 0.3) is 0 Å². The van der Waals surface area contributed by atoms with Crippen molar-refractivity contribution in [3.8, 4) is 0 Å². The van der Waals surface area contributed by atoms with E-state index < -0.39 is 0 Å². The molecule has 2 heterocycles. The summed E-state index contributed by atoms with van der Waals surface area (Å²) < 4.78 is 0. The summed E-state index contributed by atoms with van der Waals surface area (Å²) in [4.78, 5) is 32.8. The van der Waals surface area contributed by atoms with Crippen LogP contribution in [0.2, 0.25) is 0 Å². The van der Waals surface area contributed by atoms with E-state index in [1.165, 1.54) is 17.0 Å². The zero-order chi connectivity index (χ0) is 18.2. The molecule has 1 N–H and O–H groups in total. The summed E-state index contributed by atoms with van der Waals surface area (Å²) in [5, 5.41) is 3.77. The van der Waals surface area contributed by atoms with Crippen LogP contribution >= 0.6 is 11.3 Å². The number of hydrogen-bond donors (Lipinski definition) is 1. The van der Waals surface area contributed by atoms with Gasteiger partial charge < -0.3 is 10.2 Å². The number of likely N-dealkylation sites (tertiary alicyclic amines) is 1. The summed E-state index contributed by atoms with van der Waals surface area (Å²) in [7, 11) is 0. The van der Waals surface area contributed by atoms with Gasteiger partial charge in [0, 0.05) is 29.3 Å². The average molecular weight is 364 g/mol. The molecule has 2 aliphatic rings. The molecule has 1 unspecified atom stereocenters. The van der Waals surface area contributed by atoms with E-state index in [9.17, 15) is 9.59 Å². The van der Waals surface area contributed by atoms with Gasteiger partial charge >= 0.3 is 0 Å². The van der Waals surface area contributed by atoms with Crippen LogP contribution in [0.1, 0.15) is 57.5 Å². The van der Waals surface area contributed by atoms with Gasteiger partial charge in [0.2, 0.25) is 11.8 Å². The lowest BCUT2D eigenvalue weighted by atomic mass is 9.91. The number of carbonyl (C=O) groups is 2. The molecule has 0 spiro atoms. The van der Waals surface area contributed by atoms with Crippen molar-refractivity contribution < 1.29 is 9.59 Å². The number of anilines is 1. The topological polar surface area (TPSA) is 62.3 Å². The van der Waals surface area contributed by atoms with E-state index in [1.54, 1.807) is 11.3 Å². The molecule has 1 aliphatic heterocycles. The minimum Gasteiger partial charge on any atom is -0.342 e. The molecule has 0 radical (unpaired) electrons. The number of nitrogens with one attached hydrogen (secondary N) is 1. The first-order chi connectivity index (χ1) is 11.7. The van der Waals surface area contributed by atoms with E-state index in [0.717, 1.165) is 30.8 Å². The van der Waals surface area contributed by atoms with Crippen LogP contribution in [0.3, 0.4) is 0 Å². The first-order valence-corrected chi connectivity index (χ1v) is 10.1. The van der Waals surface area contributed by atoms with Gasteiger partial charge in [-0.1, -0.05) is 27.7 Å². The fourth-order valence-electron chi connectivity index (χ4n) is 3.62. The highest BCUT2D eigenvalue weighted by Crippen LogP contribution is 2.32. The molecular formula is C19H29N3O2S. The number of fused-ring (bicyclic) bond motifs is 1. The third-order valence-electron chi connectivity index (χ3n) is 5.21. The smallest absolute Gasteiger partial charge is 0.229 e. The maximum absolute atomic E-state index is 12.6. The van der Waals surface area contributed by atoms with Crippen LogP contribution in [0.15, 0.2) is 0 Å². The Morgan fingerprint density at radius 1 is 1.20 bits per heavy atom. The van der Waals surface area contributed by atoms with Crippen LogP contribution in [0, 0.1) is 17.3 Å². The van der Waals surface area contributed by atoms with Crippen molar-refractivity contribution in [2.75, 3.05) is 18.4 Å². The van der Waals surface area contributed by atoms with E-state index in [-0.39, 0.29) is 23.1 Å². The largest absolute Gasteiger partial charge is 0.342 e. The van der Waals surface area contributed by atoms with Crippen LogP contribution in [0.4, 0.5) is 5.13 Å². The Kier molecular flexibility index (Phi) is 5.19. The van der Waals surface area contributed by atoms with Crippen LogP contribution in [-0.4, -0.2) is 34.8 Å². The number of nitrogens with zero attached hydrogens (tertiary/aromatic N) is 2. The Labute approximate surface area is 154 Å². The molecule has 1 saturated heterocycles. The molecular weight excluding hydrogens is 334 g/mol. The van der Waals surface area contributed by atoms with Crippen LogP contribution in [0.25, 0.3) is 0 Å². The van der Waals surface area contributed by atoms with Crippen LogP contribution in [-0.2, 0) is 22.4 Å². The molecule has 0 bridgehead atoms. The van der Waals surface area contributed by atoms with Crippen LogP contribution in [0.5, 0.6) is 0 Å². The lowest BCUT2D eigenvalue weighted by Crippen LogP contribution is -2.45. The number of rotatable bonds is 2. The number of amides is 2. The Morgan fingerprint density at radius 2 is 1.88 bits per heavy atom. The lowest BCUT2D eigenvalue weighted by Gasteiger charge is -2.35. The minimum atomic E-state index is -0.355. The molecule has 1 fully saturated rings. The van der Waals surface area contributed by atoms with Gasteiger partial charge in [0.05, 0.1) is 5.69 Å². The molecule has 1 aromatic rings. The number of hydrogen-bond acceptors (Lipinski definition) is 4. The molecule has 0 saturated carbocycles. The standard InChI is InChI=1S/C19H29N3O2S/c1-12-5-6-14-15(11-12)25-18(20-14)21-16(23)13-7-9-22(10-8-13)17(24)19(2,3)4/h12-13H,5-11H2,1-4H3,(H,20,21,23). The van der Waals surface area contributed by atoms with Crippen LogP contribution < -0.4 is 5.32 Å². The van der Waals surface area contributed by atoms with Gasteiger partial charge in [0.15, 0.2) is 5.13 Å². The summed E-state index contributed by atoms with van der Waals surface area (Å²) in [6.07, 6.45) is 4.75. The van der Waals surface area contributed by atoms with E-state index in [2.05, 4.69) is 17.2 Å². The highest BCUT2D eigenvalue weighted by Gasteiger charge is 2.32. The molecule has 25 heavy (non-hydrogen) atoms. The molecule has 1 atom stereocenters. The Morgan fingerprint density at radius 3 is 2.52 bits per heavy atom. The molecule has 5 nitrogen and oxygen atoms in total. The van der Waals surface area contributed by atoms with Crippen molar-refractivity contribution in [3.05, 3.63) is 10.6 Å². The number of carbonyl (C=O) groups excluding carboxylic acids is 2. The van der Waals surface area contributed by atoms with Crippen molar-refractivity contribution in [2.24, 2.45) is 17.3 Å². The molecule has 1 aliphatic carbocycles. The van der Waals surface area contributed by atoms with Gasteiger partial charge in [-0.05, 0) is 38.0 Å². The normalized spacial score (nSPS) is 21.8. The summed E-state index contributed by atoms with van der Waals surface area (Å²) in [6.45, 7) is 9.44. The number of piperidine rings is 1. The second-order valence-corrected chi connectivity index (χ2v) is 9.63. The fraction of sp³-hybridized carbons (Fsp3) is 0.737. The maximum Gasteiger partial charge on any atom is 0.229 e. The van der Waals surface area contributed by atoms with Crippen molar-refractivity contribution >= 4 is 28.3 Å².